The molecule has 3 rings (SSSR count). The van der Waals surface area contributed by atoms with Gasteiger partial charge >= 0.3 is 0 Å². The van der Waals surface area contributed by atoms with E-state index in [1.54, 1.807) is 30.1 Å². The number of benzene rings is 1. The molecule has 1 N–H and O–H groups in total. The Kier molecular flexibility index (Phi) is 5.72. The fourth-order valence-electron chi connectivity index (χ4n) is 2.40. The zero-order valence-electron chi connectivity index (χ0n) is 15.0. The molecule has 0 aliphatic rings. The lowest BCUT2D eigenvalue weighted by molar-refractivity contribution is 0.0953. The van der Waals surface area contributed by atoms with Crippen LogP contribution in [-0.4, -0.2) is 38.4 Å². The van der Waals surface area contributed by atoms with Crippen LogP contribution < -0.4 is 5.32 Å². The smallest absolute Gasteiger partial charge is 0.251 e. The predicted molar refractivity (Wildman–Crippen MR) is 99.8 cm³/mol. The first kappa shape index (κ1) is 18.2. The molecule has 0 aliphatic heterocycles. The predicted octanol–water partition coefficient (Wildman–Crippen LogP) is 3.07. The van der Waals surface area contributed by atoms with Crippen molar-refractivity contribution in [2.75, 3.05) is 12.8 Å². The maximum Gasteiger partial charge on any atom is 0.251 e. The van der Waals surface area contributed by atoms with Crippen LogP contribution in [0.3, 0.4) is 0 Å². The molecule has 0 saturated carbocycles. The molecule has 0 radical (unpaired) electrons. The molecule has 0 aliphatic carbocycles. The van der Waals surface area contributed by atoms with Crippen molar-refractivity contribution in [3.63, 3.8) is 0 Å². The van der Waals surface area contributed by atoms with Crippen LogP contribution in [0.1, 0.15) is 41.8 Å². The molecule has 7 nitrogen and oxygen atoms in total. The lowest BCUT2D eigenvalue weighted by atomic mass is 10.2. The highest BCUT2D eigenvalue weighted by Gasteiger charge is 2.11. The molecule has 8 heteroatoms. The van der Waals surface area contributed by atoms with Crippen LogP contribution in [0, 0.1) is 0 Å². The maximum atomic E-state index is 12.3. The fourth-order valence-corrected chi connectivity index (χ4v) is 2.93. The van der Waals surface area contributed by atoms with Gasteiger partial charge in [-0.1, -0.05) is 30.8 Å². The summed E-state index contributed by atoms with van der Waals surface area (Å²) in [5.41, 5.74) is 1.57. The minimum Gasteiger partial charge on any atom is -0.352 e. The summed E-state index contributed by atoms with van der Waals surface area (Å²) in [5, 5.41) is 7.69. The fraction of sp³-hybridized carbons (Fsp3) is 0.333. The summed E-state index contributed by atoms with van der Waals surface area (Å²) in [4.78, 5) is 20.8. The van der Waals surface area contributed by atoms with E-state index >= 15 is 0 Å². The van der Waals surface area contributed by atoms with Crippen LogP contribution in [-0.2, 0) is 6.42 Å². The molecule has 26 heavy (non-hydrogen) atoms. The number of nitrogens with one attached hydrogen (secondary N) is 1. The number of nitrogens with zero attached hydrogens (tertiary/aromatic N) is 4. The third kappa shape index (κ3) is 4.13. The Balaban J connectivity index is 1.56. The summed E-state index contributed by atoms with van der Waals surface area (Å²) in [6.07, 6.45) is 6.15. The molecule has 0 bridgehead atoms. The second-order valence-electron chi connectivity index (χ2n) is 6.04. The molecule has 2 aromatic heterocycles. The van der Waals surface area contributed by atoms with Crippen molar-refractivity contribution in [3.05, 3.63) is 53.9 Å². The van der Waals surface area contributed by atoms with Gasteiger partial charge in [0, 0.05) is 42.5 Å². The lowest BCUT2D eigenvalue weighted by Crippen LogP contribution is -2.25. The number of rotatable bonds is 7. The van der Waals surface area contributed by atoms with E-state index in [0.29, 0.717) is 30.2 Å². The first-order chi connectivity index (χ1) is 12.6. The van der Waals surface area contributed by atoms with Crippen molar-refractivity contribution in [3.8, 4) is 5.69 Å². The van der Waals surface area contributed by atoms with Crippen LogP contribution in [0.4, 0.5) is 0 Å². The third-order valence-corrected chi connectivity index (χ3v) is 4.49. The van der Waals surface area contributed by atoms with E-state index in [1.165, 1.54) is 0 Å². The van der Waals surface area contributed by atoms with Gasteiger partial charge in [0.15, 0.2) is 11.0 Å². The van der Waals surface area contributed by atoms with E-state index in [-0.39, 0.29) is 11.8 Å². The normalized spacial score (nSPS) is 11.1. The number of thioether (sulfide) groups is 1. The largest absolute Gasteiger partial charge is 0.352 e. The Morgan fingerprint density at radius 1 is 1.31 bits per heavy atom. The summed E-state index contributed by atoms with van der Waals surface area (Å²) in [6.45, 7) is 4.45. The summed E-state index contributed by atoms with van der Waals surface area (Å²) in [6, 6.07) is 7.42. The van der Waals surface area contributed by atoms with E-state index in [4.69, 9.17) is 4.52 Å². The van der Waals surface area contributed by atoms with Gasteiger partial charge in [-0.2, -0.15) is 4.98 Å². The number of imidazole rings is 1. The molecule has 0 atom stereocenters. The number of carbonyl (C=O) groups is 1. The molecule has 0 unspecified atom stereocenters. The van der Waals surface area contributed by atoms with Crippen LogP contribution in [0.15, 0.2) is 46.3 Å². The van der Waals surface area contributed by atoms with Crippen molar-refractivity contribution in [2.45, 2.75) is 31.3 Å². The second kappa shape index (κ2) is 8.18. The van der Waals surface area contributed by atoms with Crippen LogP contribution in [0.25, 0.3) is 5.69 Å². The van der Waals surface area contributed by atoms with Gasteiger partial charge in [-0.15, -0.1) is 0 Å². The van der Waals surface area contributed by atoms with Crippen LogP contribution in [0.5, 0.6) is 0 Å². The first-order valence-electron chi connectivity index (χ1n) is 8.37. The summed E-state index contributed by atoms with van der Waals surface area (Å²) in [5.74, 6) is 1.32. The Morgan fingerprint density at radius 3 is 2.73 bits per heavy atom. The quantitative estimate of drug-likeness (QED) is 0.643. The van der Waals surface area contributed by atoms with Gasteiger partial charge in [-0.3, -0.25) is 9.36 Å². The van der Waals surface area contributed by atoms with Crippen molar-refractivity contribution in [1.82, 2.24) is 25.0 Å². The third-order valence-electron chi connectivity index (χ3n) is 3.82. The number of aromatic nitrogens is 4. The summed E-state index contributed by atoms with van der Waals surface area (Å²) < 4.78 is 7.15. The van der Waals surface area contributed by atoms with Gasteiger partial charge in [0.05, 0.1) is 0 Å². The summed E-state index contributed by atoms with van der Waals surface area (Å²) in [7, 11) is 0. The molecule has 136 valence electrons. The van der Waals surface area contributed by atoms with E-state index in [2.05, 4.69) is 20.4 Å². The van der Waals surface area contributed by atoms with Gasteiger partial charge in [0.2, 0.25) is 5.89 Å². The Morgan fingerprint density at radius 2 is 2.08 bits per heavy atom. The van der Waals surface area contributed by atoms with Crippen LogP contribution >= 0.6 is 11.8 Å². The lowest BCUT2D eigenvalue weighted by Gasteiger charge is -2.08. The zero-order chi connectivity index (χ0) is 18.5. The first-order valence-corrected chi connectivity index (χ1v) is 9.59. The van der Waals surface area contributed by atoms with Crippen molar-refractivity contribution in [2.24, 2.45) is 0 Å². The molecule has 1 aromatic carbocycles. The molecule has 3 aromatic rings. The minimum absolute atomic E-state index is 0.129. The molecular weight excluding hydrogens is 350 g/mol. The SMILES string of the molecule is CSc1nccn1-c1ccc(C(=O)NCCc2nc(C(C)C)no2)cc1. The molecule has 2 heterocycles. The average Bonchev–Trinajstić information content (AvgIpc) is 3.31. The monoisotopic (exact) mass is 371 g/mol. The Labute approximate surface area is 156 Å². The highest BCUT2D eigenvalue weighted by molar-refractivity contribution is 7.98. The van der Waals surface area contributed by atoms with E-state index < -0.39 is 0 Å². The molecule has 1 amide bonds. The molecule has 0 spiro atoms. The number of hydrogen-bond donors (Lipinski definition) is 1. The Bertz CT molecular complexity index is 870. The van der Waals surface area contributed by atoms with Crippen molar-refractivity contribution >= 4 is 17.7 Å². The highest BCUT2D eigenvalue weighted by atomic mass is 32.2. The van der Waals surface area contributed by atoms with Gasteiger partial charge in [-0.05, 0) is 30.5 Å². The summed E-state index contributed by atoms with van der Waals surface area (Å²) >= 11 is 1.57. The minimum atomic E-state index is -0.129. The van der Waals surface area contributed by atoms with Gasteiger partial charge in [-0.25, -0.2) is 4.98 Å². The van der Waals surface area contributed by atoms with E-state index in [9.17, 15) is 4.79 Å². The number of carbonyl (C=O) groups excluding carboxylic acids is 1. The molecule has 0 fully saturated rings. The number of amides is 1. The van der Waals surface area contributed by atoms with Crippen LogP contribution in [0.2, 0.25) is 0 Å². The standard InChI is InChI=1S/C18H21N5O2S/c1-12(2)16-21-15(25-22-16)8-9-19-17(24)13-4-6-14(7-5-13)23-11-10-20-18(23)26-3/h4-7,10-12H,8-9H2,1-3H3,(H,19,24). The Hall–Kier alpha value is -2.61. The van der Waals surface area contributed by atoms with Gasteiger partial charge in [0.1, 0.15) is 0 Å². The second-order valence-corrected chi connectivity index (χ2v) is 6.81. The van der Waals surface area contributed by atoms with Crippen molar-refractivity contribution < 1.29 is 9.32 Å². The highest BCUT2D eigenvalue weighted by Crippen LogP contribution is 2.18. The number of hydrogen-bond acceptors (Lipinski definition) is 6. The van der Waals surface area contributed by atoms with Gasteiger partial charge < -0.3 is 9.84 Å². The molecular formula is C18H21N5O2S. The topological polar surface area (TPSA) is 85.8 Å². The van der Waals surface area contributed by atoms with E-state index in [0.717, 1.165) is 10.8 Å². The van der Waals surface area contributed by atoms with Gasteiger partial charge in [0.25, 0.3) is 5.91 Å². The molecule has 0 saturated heterocycles. The zero-order valence-corrected chi connectivity index (χ0v) is 15.8. The maximum absolute atomic E-state index is 12.3. The van der Waals surface area contributed by atoms with E-state index in [1.807, 2.05) is 43.0 Å². The van der Waals surface area contributed by atoms with Crippen molar-refractivity contribution in [1.29, 1.82) is 0 Å². The average molecular weight is 371 g/mol.